The molecule has 0 heterocycles. The maximum Gasteiger partial charge on any atom is 0.344 e. The van der Waals surface area contributed by atoms with Crippen molar-refractivity contribution in [3.63, 3.8) is 0 Å². The van der Waals surface area contributed by atoms with Crippen molar-refractivity contribution >= 4 is 40.7 Å². The predicted octanol–water partition coefficient (Wildman–Crippen LogP) is 5.98. The van der Waals surface area contributed by atoms with Crippen molar-refractivity contribution in [2.45, 2.75) is 11.8 Å². The number of hydrogen-bond acceptors (Lipinski definition) is 5. The molecule has 0 saturated heterocycles. The summed E-state index contributed by atoms with van der Waals surface area (Å²) >= 11 is 2.10. The van der Waals surface area contributed by atoms with E-state index < -0.39 is 5.97 Å². The SMILES string of the molecule is COc1cc(C=NNC(=O)C2CC2(c2ccccc2)c2ccccc2)ccc1OC(=O)c1ccccc1I. The molecule has 0 bridgehead atoms. The number of benzene rings is 4. The second kappa shape index (κ2) is 11.2. The number of hydrogen-bond donors (Lipinski definition) is 1. The summed E-state index contributed by atoms with van der Waals surface area (Å²) in [5, 5.41) is 4.19. The zero-order valence-electron chi connectivity index (χ0n) is 20.6. The third kappa shape index (κ3) is 5.19. The van der Waals surface area contributed by atoms with Gasteiger partial charge < -0.3 is 9.47 Å². The number of hydrazone groups is 1. The van der Waals surface area contributed by atoms with Crippen LogP contribution in [0.3, 0.4) is 0 Å². The highest BCUT2D eigenvalue weighted by Crippen LogP contribution is 2.58. The summed E-state index contributed by atoms with van der Waals surface area (Å²) in [6.45, 7) is 0. The summed E-state index contributed by atoms with van der Waals surface area (Å²) in [6, 6.07) is 32.5. The van der Waals surface area contributed by atoms with Crippen molar-refractivity contribution in [2.75, 3.05) is 7.11 Å². The molecule has 0 spiro atoms. The number of halogens is 1. The highest BCUT2D eigenvalue weighted by molar-refractivity contribution is 14.1. The van der Waals surface area contributed by atoms with Crippen LogP contribution in [0.1, 0.15) is 33.5 Å². The van der Waals surface area contributed by atoms with Crippen LogP contribution in [0.2, 0.25) is 0 Å². The maximum atomic E-state index is 13.1. The van der Waals surface area contributed by atoms with E-state index in [0.717, 1.165) is 21.1 Å². The number of amides is 1. The minimum Gasteiger partial charge on any atom is -0.493 e. The maximum absolute atomic E-state index is 13.1. The van der Waals surface area contributed by atoms with Crippen molar-refractivity contribution in [3.8, 4) is 11.5 Å². The van der Waals surface area contributed by atoms with Gasteiger partial charge in [0.25, 0.3) is 0 Å². The van der Waals surface area contributed by atoms with Gasteiger partial charge in [-0.15, -0.1) is 0 Å². The molecule has 4 aromatic rings. The van der Waals surface area contributed by atoms with E-state index in [4.69, 9.17) is 9.47 Å². The molecule has 4 aromatic carbocycles. The second-order valence-electron chi connectivity index (χ2n) is 8.97. The Hall–Kier alpha value is -3.98. The lowest BCUT2D eigenvalue weighted by Crippen LogP contribution is -2.25. The van der Waals surface area contributed by atoms with Gasteiger partial charge in [-0.2, -0.15) is 5.10 Å². The topological polar surface area (TPSA) is 77.0 Å². The van der Waals surface area contributed by atoms with Crippen LogP contribution in [0.4, 0.5) is 0 Å². The summed E-state index contributed by atoms with van der Waals surface area (Å²) in [6.07, 6.45) is 2.26. The van der Waals surface area contributed by atoms with E-state index in [-0.39, 0.29) is 17.2 Å². The lowest BCUT2D eigenvalue weighted by Gasteiger charge is -2.18. The first-order chi connectivity index (χ1) is 18.5. The number of methoxy groups -OCH3 is 1. The van der Waals surface area contributed by atoms with E-state index in [1.165, 1.54) is 7.11 Å². The molecule has 1 atom stereocenters. The summed E-state index contributed by atoms with van der Waals surface area (Å²) in [4.78, 5) is 25.7. The molecule has 1 aliphatic carbocycles. The molecule has 190 valence electrons. The van der Waals surface area contributed by atoms with Crippen molar-refractivity contribution in [1.29, 1.82) is 0 Å². The first-order valence-corrected chi connectivity index (χ1v) is 13.2. The fourth-order valence-electron chi connectivity index (χ4n) is 4.73. The Kier molecular flexibility index (Phi) is 7.55. The van der Waals surface area contributed by atoms with Crippen molar-refractivity contribution in [3.05, 3.63) is 129 Å². The Labute approximate surface area is 234 Å². The van der Waals surface area contributed by atoms with E-state index >= 15 is 0 Å². The summed E-state index contributed by atoms with van der Waals surface area (Å²) in [5.74, 6) is -0.141. The van der Waals surface area contributed by atoms with Crippen LogP contribution in [0.5, 0.6) is 11.5 Å². The molecule has 1 N–H and O–H groups in total. The minimum atomic E-state index is -0.466. The number of esters is 1. The van der Waals surface area contributed by atoms with Gasteiger partial charge in [-0.05, 0) is 76.0 Å². The molecule has 1 saturated carbocycles. The fourth-order valence-corrected chi connectivity index (χ4v) is 5.34. The molecule has 1 aliphatic rings. The van der Waals surface area contributed by atoms with Gasteiger partial charge in [0.05, 0.1) is 24.8 Å². The number of nitrogens with zero attached hydrogens (tertiary/aromatic N) is 1. The lowest BCUT2D eigenvalue weighted by atomic mass is 9.85. The molecule has 1 amide bonds. The predicted molar refractivity (Wildman–Crippen MR) is 155 cm³/mol. The van der Waals surface area contributed by atoms with Gasteiger partial charge in [-0.25, -0.2) is 10.2 Å². The average Bonchev–Trinajstić information content (AvgIpc) is 3.72. The quantitative estimate of drug-likeness (QED) is 0.0870. The number of carbonyl (C=O) groups excluding carboxylic acids is 2. The van der Waals surface area contributed by atoms with E-state index in [1.54, 1.807) is 36.5 Å². The zero-order chi connectivity index (χ0) is 26.5. The lowest BCUT2D eigenvalue weighted by molar-refractivity contribution is -0.122. The molecular formula is C31H25IN2O4. The van der Waals surface area contributed by atoms with Crippen molar-refractivity contribution < 1.29 is 19.1 Å². The number of carbonyl (C=O) groups is 2. The highest BCUT2D eigenvalue weighted by atomic mass is 127. The van der Waals surface area contributed by atoms with Crippen LogP contribution in [-0.4, -0.2) is 25.2 Å². The largest absolute Gasteiger partial charge is 0.493 e. The molecular weight excluding hydrogens is 591 g/mol. The van der Waals surface area contributed by atoms with Gasteiger partial charge in [0.15, 0.2) is 11.5 Å². The number of rotatable bonds is 8. The monoisotopic (exact) mass is 616 g/mol. The van der Waals surface area contributed by atoms with Gasteiger partial charge in [-0.3, -0.25) is 4.79 Å². The van der Waals surface area contributed by atoms with Crippen LogP contribution in [0.15, 0.2) is 108 Å². The molecule has 6 nitrogen and oxygen atoms in total. The molecule has 7 heteroatoms. The molecule has 1 fully saturated rings. The average molecular weight is 616 g/mol. The van der Waals surface area contributed by atoms with Gasteiger partial charge in [0.1, 0.15) is 0 Å². The van der Waals surface area contributed by atoms with Crippen LogP contribution < -0.4 is 14.9 Å². The van der Waals surface area contributed by atoms with E-state index in [2.05, 4.69) is 57.4 Å². The minimum absolute atomic E-state index is 0.135. The number of ether oxygens (including phenoxy) is 2. The molecule has 0 radical (unpaired) electrons. The Bertz CT molecular complexity index is 1450. The normalized spacial score (nSPS) is 15.6. The van der Waals surface area contributed by atoms with Gasteiger partial charge in [-0.1, -0.05) is 72.8 Å². The Morgan fingerprint density at radius 3 is 2.16 bits per heavy atom. The van der Waals surface area contributed by atoms with E-state index in [0.29, 0.717) is 22.6 Å². The van der Waals surface area contributed by atoms with E-state index in [9.17, 15) is 9.59 Å². The van der Waals surface area contributed by atoms with E-state index in [1.807, 2.05) is 48.5 Å². The number of nitrogens with one attached hydrogen (secondary N) is 1. The van der Waals surface area contributed by atoms with Crippen LogP contribution in [0, 0.1) is 9.49 Å². The third-order valence-corrected chi connectivity index (χ3v) is 7.67. The summed E-state index contributed by atoms with van der Waals surface area (Å²) < 4.78 is 11.8. The van der Waals surface area contributed by atoms with Gasteiger partial charge in [0.2, 0.25) is 5.91 Å². The van der Waals surface area contributed by atoms with Crippen LogP contribution in [0.25, 0.3) is 0 Å². The molecule has 5 rings (SSSR count). The van der Waals surface area contributed by atoms with Crippen LogP contribution in [-0.2, 0) is 10.2 Å². The first-order valence-electron chi connectivity index (χ1n) is 12.1. The highest BCUT2D eigenvalue weighted by Gasteiger charge is 2.60. The van der Waals surface area contributed by atoms with Gasteiger partial charge in [0, 0.05) is 8.99 Å². The first kappa shape index (κ1) is 25.7. The van der Waals surface area contributed by atoms with Gasteiger partial charge >= 0.3 is 5.97 Å². The molecule has 1 unspecified atom stereocenters. The summed E-state index contributed by atoms with van der Waals surface area (Å²) in [7, 11) is 1.50. The molecule has 0 aromatic heterocycles. The zero-order valence-corrected chi connectivity index (χ0v) is 22.8. The van der Waals surface area contributed by atoms with Crippen molar-refractivity contribution in [2.24, 2.45) is 11.0 Å². The van der Waals surface area contributed by atoms with Crippen LogP contribution >= 0.6 is 22.6 Å². The Morgan fingerprint density at radius 1 is 0.895 bits per heavy atom. The summed E-state index contributed by atoms with van der Waals surface area (Å²) in [5.41, 5.74) is 5.75. The Morgan fingerprint density at radius 2 is 1.53 bits per heavy atom. The second-order valence-corrected chi connectivity index (χ2v) is 10.1. The van der Waals surface area contributed by atoms with Crippen molar-refractivity contribution in [1.82, 2.24) is 5.43 Å². The third-order valence-electron chi connectivity index (χ3n) is 6.73. The molecule has 38 heavy (non-hydrogen) atoms. The standard InChI is InChI=1S/C31H25IN2O4/c1-37-28-18-21(16-17-27(28)38-30(36)24-14-8-9-15-26(24)32)20-33-34-29(35)25-19-31(25,22-10-4-2-5-11-22)23-12-6-3-7-13-23/h2-18,20,25H,19H2,1H3,(H,34,35). The smallest absolute Gasteiger partial charge is 0.344 e. The Balaban J connectivity index is 1.27. The molecule has 0 aliphatic heterocycles. The fraction of sp³-hybridized carbons (Fsp3) is 0.129.